The van der Waals surface area contributed by atoms with Gasteiger partial charge in [0.05, 0.1) is 0 Å². The van der Waals surface area contributed by atoms with Crippen LogP contribution in [0.3, 0.4) is 0 Å². The maximum Gasteiger partial charge on any atom is 0.123 e. The first kappa shape index (κ1) is 13.2. The molecule has 0 aliphatic rings. The van der Waals surface area contributed by atoms with Crippen molar-refractivity contribution in [2.75, 3.05) is 0 Å². The number of benzene rings is 1. The van der Waals surface area contributed by atoms with Crippen LogP contribution in [0.2, 0.25) is 0 Å². The highest BCUT2D eigenvalue weighted by Gasteiger charge is 2.28. The minimum atomic E-state index is -0.180. The van der Waals surface area contributed by atoms with Gasteiger partial charge in [-0.3, -0.25) is 0 Å². The van der Waals surface area contributed by atoms with Crippen LogP contribution in [0.5, 0.6) is 0 Å². The van der Waals surface area contributed by atoms with Crippen LogP contribution in [-0.4, -0.2) is 0 Å². The van der Waals surface area contributed by atoms with Crippen LogP contribution in [0.1, 0.15) is 49.9 Å². The van der Waals surface area contributed by atoms with Crippen molar-refractivity contribution in [3.05, 3.63) is 34.6 Å². The van der Waals surface area contributed by atoms with Gasteiger partial charge in [-0.05, 0) is 54.5 Å². The Labute approximate surface area is 97.9 Å². The van der Waals surface area contributed by atoms with Crippen molar-refractivity contribution in [1.29, 1.82) is 0 Å². The Morgan fingerprint density at radius 3 is 2.06 bits per heavy atom. The van der Waals surface area contributed by atoms with Crippen LogP contribution in [-0.2, 0) is 0 Å². The lowest BCUT2D eigenvalue weighted by Gasteiger charge is -2.32. The minimum absolute atomic E-state index is 0.0351. The maximum atomic E-state index is 13.2. The zero-order valence-corrected chi connectivity index (χ0v) is 10.9. The van der Waals surface area contributed by atoms with Crippen molar-refractivity contribution in [2.45, 2.75) is 47.1 Å². The van der Waals surface area contributed by atoms with Gasteiger partial charge in [-0.2, -0.15) is 0 Å². The number of hydrogen-bond donors (Lipinski definition) is 1. The molecule has 0 aromatic heterocycles. The van der Waals surface area contributed by atoms with Gasteiger partial charge < -0.3 is 5.73 Å². The van der Waals surface area contributed by atoms with E-state index in [1.54, 1.807) is 12.1 Å². The Balaban J connectivity index is 3.24. The second kappa shape index (κ2) is 4.54. The summed E-state index contributed by atoms with van der Waals surface area (Å²) in [4.78, 5) is 0. The first-order valence-electron chi connectivity index (χ1n) is 5.82. The molecule has 1 rings (SSSR count). The summed E-state index contributed by atoms with van der Waals surface area (Å²) in [6.45, 7) is 10.3. The molecule has 1 nitrogen and oxygen atoms in total. The summed E-state index contributed by atoms with van der Waals surface area (Å²) in [5.74, 6) is -0.180. The molecule has 2 heteroatoms. The summed E-state index contributed by atoms with van der Waals surface area (Å²) in [5.41, 5.74) is 9.34. The molecule has 0 heterocycles. The molecule has 0 saturated heterocycles. The van der Waals surface area contributed by atoms with E-state index < -0.39 is 0 Å². The summed E-state index contributed by atoms with van der Waals surface area (Å²) in [7, 11) is 0. The van der Waals surface area contributed by atoms with E-state index in [2.05, 4.69) is 20.8 Å². The van der Waals surface area contributed by atoms with Crippen LogP contribution in [0, 0.1) is 25.1 Å². The summed E-state index contributed by atoms with van der Waals surface area (Å²) in [5, 5.41) is 0. The largest absolute Gasteiger partial charge is 0.323 e. The van der Waals surface area contributed by atoms with Gasteiger partial charge in [-0.15, -0.1) is 0 Å². The SMILES string of the molecule is CCC(C)(C)C(N)c1c(C)cc(F)cc1C. The van der Waals surface area contributed by atoms with Gasteiger partial charge in [0.15, 0.2) is 0 Å². The van der Waals surface area contributed by atoms with Gasteiger partial charge in [0, 0.05) is 6.04 Å². The molecule has 0 aliphatic heterocycles. The van der Waals surface area contributed by atoms with Crippen molar-refractivity contribution >= 4 is 0 Å². The fourth-order valence-electron chi connectivity index (χ4n) is 2.02. The van der Waals surface area contributed by atoms with Gasteiger partial charge in [-0.1, -0.05) is 20.8 Å². The van der Waals surface area contributed by atoms with E-state index in [0.717, 1.165) is 23.1 Å². The smallest absolute Gasteiger partial charge is 0.123 e. The van der Waals surface area contributed by atoms with E-state index in [1.807, 2.05) is 13.8 Å². The van der Waals surface area contributed by atoms with E-state index in [9.17, 15) is 4.39 Å². The molecule has 0 radical (unpaired) electrons. The first-order chi connectivity index (χ1) is 7.29. The fraction of sp³-hybridized carbons (Fsp3) is 0.571. The standard InChI is InChI=1S/C14H22FN/c1-6-14(4,5)13(16)12-9(2)7-11(15)8-10(12)3/h7-8,13H,6,16H2,1-5H3. The molecule has 0 amide bonds. The van der Waals surface area contributed by atoms with Crippen molar-refractivity contribution in [2.24, 2.45) is 11.1 Å². The Hall–Kier alpha value is -0.890. The predicted octanol–water partition coefficient (Wildman–Crippen LogP) is 3.88. The second-order valence-electron chi connectivity index (χ2n) is 5.27. The zero-order valence-electron chi connectivity index (χ0n) is 10.9. The predicted molar refractivity (Wildman–Crippen MR) is 66.9 cm³/mol. The average molecular weight is 223 g/mol. The van der Waals surface area contributed by atoms with Gasteiger partial charge in [0.1, 0.15) is 5.82 Å². The van der Waals surface area contributed by atoms with Crippen molar-refractivity contribution < 1.29 is 4.39 Å². The highest BCUT2D eigenvalue weighted by atomic mass is 19.1. The van der Waals surface area contributed by atoms with E-state index >= 15 is 0 Å². The molecule has 0 bridgehead atoms. The van der Waals surface area contributed by atoms with E-state index in [-0.39, 0.29) is 17.3 Å². The molecule has 90 valence electrons. The Bertz CT molecular complexity index is 359. The summed E-state index contributed by atoms with van der Waals surface area (Å²) in [6, 6.07) is 3.08. The van der Waals surface area contributed by atoms with E-state index in [4.69, 9.17) is 5.73 Å². The lowest BCUT2D eigenvalue weighted by Crippen LogP contribution is -2.30. The molecule has 0 aliphatic carbocycles. The van der Waals surface area contributed by atoms with E-state index in [1.165, 1.54) is 0 Å². The van der Waals surface area contributed by atoms with E-state index in [0.29, 0.717) is 0 Å². The lowest BCUT2D eigenvalue weighted by molar-refractivity contribution is 0.276. The average Bonchev–Trinajstić information content (AvgIpc) is 2.15. The minimum Gasteiger partial charge on any atom is -0.323 e. The van der Waals surface area contributed by atoms with Crippen LogP contribution >= 0.6 is 0 Å². The third-order valence-corrected chi connectivity index (χ3v) is 3.62. The normalized spacial score (nSPS) is 13.9. The van der Waals surface area contributed by atoms with Gasteiger partial charge >= 0.3 is 0 Å². The Kier molecular flexibility index (Phi) is 3.74. The molecule has 0 fully saturated rings. The summed E-state index contributed by atoms with van der Waals surface area (Å²) < 4.78 is 13.2. The third-order valence-electron chi connectivity index (χ3n) is 3.62. The first-order valence-corrected chi connectivity index (χ1v) is 5.82. The van der Waals surface area contributed by atoms with Gasteiger partial charge in [-0.25, -0.2) is 4.39 Å². The van der Waals surface area contributed by atoms with Crippen LogP contribution in [0.25, 0.3) is 0 Å². The van der Waals surface area contributed by atoms with Crippen LogP contribution < -0.4 is 5.73 Å². The molecule has 2 N–H and O–H groups in total. The van der Waals surface area contributed by atoms with Gasteiger partial charge in [0.25, 0.3) is 0 Å². The highest BCUT2D eigenvalue weighted by Crippen LogP contribution is 2.37. The highest BCUT2D eigenvalue weighted by molar-refractivity contribution is 5.37. The number of aryl methyl sites for hydroxylation is 2. The van der Waals surface area contributed by atoms with Crippen molar-refractivity contribution in [1.82, 2.24) is 0 Å². The van der Waals surface area contributed by atoms with Crippen molar-refractivity contribution in [3.8, 4) is 0 Å². The molecule has 16 heavy (non-hydrogen) atoms. The molecule has 1 aromatic carbocycles. The summed E-state index contributed by atoms with van der Waals surface area (Å²) in [6.07, 6.45) is 1.00. The molecule has 0 saturated carbocycles. The van der Waals surface area contributed by atoms with Crippen molar-refractivity contribution in [3.63, 3.8) is 0 Å². The molecule has 0 spiro atoms. The molecular weight excluding hydrogens is 201 g/mol. The molecule has 1 aromatic rings. The number of rotatable bonds is 3. The quantitative estimate of drug-likeness (QED) is 0.826. The maximum absolute atomic E-state index is 13.2. The monoisotopic (exact) mass is 223 g/mol. The van der Waals surface area contributed by atoms with Gasteiger partial charge in [0.2, 0.25) is 0 Å². The third kappa shape index (κ3) is 2.43. The number of halogens is 1. The zero-order chi connectivity index (χ0) is 12.5. The topological polar surface area (TPSA) is 26.0 Å². The lowest BCUT2D eigenvalue weighted by atomic mass is 9.76. The second-order valence-corrected chi connectivity index (χ2v) is 5.27. The Morgan fingerprint density at radius 2 is 1.69 bits per heavy atom. The summed E-state index contributed by atoms with van der Waals surface area (Å²) >= 11 is 0. The molecule has 1 unspecified atom stereocenters. The fourth-order valence-corrected chi connectivity index (χ4v) is 2.02. The Morgan fingerprint density at radius 1 is 1.25 bits per heavy atom. The molecular formula is C14H22FN. The number of nitrogens with two attached hydrogens (primary N) is 1. The number of hydrogen-bond acceptors (Lipinski definition) is 1. The molecule has 1 atom stereocenters. The van der Waals surface area contributed by atoms with Crippen LogP contribution in [0.4, 0.5) is 4.39 Å². The van der Waals surface area contributed by atoms with Crippen LogP contribution in [0.15, 0.2) is 12.1 Å².